The van der Waals surface area contributed by atoms with Gasteiger partial charge in [-0.2, -0.15) is 0 Å². The first-order chi connectivity index (χ1) is 9.97. The molecule has 0 saturated heterocycles. The van der Waals surface area contributed by atoms with E-state index in [1.54, 1.807) is 11.8 Å². The number of carbonyl (C=O) groups excluding carboxylic acids is 1. The zero-order valence-electron chi connectivity index (χ0n) is 12.5. The van der Waals surface area contributed by atoms with Gasteiger partial charge in [-0.3, -0.25) is 0 Å². The second kappa shape index (κ2) is 6.16. The smallest absolute Gasteiger partial charge is 0.329 e. The van der Waals surface area contributed by atoms with Crippen molar-refractivity contribution < 1.29 is 14.7 Å². The molecular formula is C16H22N2O3. The third-order valence-electron chi connectivity index (χ3n) is 4.09. The average molecular weight is 290 g/mol. The summed E-state index contributed by atoms with van der Waals surface area (Å²) in [5.74, 6) is -0.927. The Morgan fingerprint density at radius 1 is 1.33 bits per heavy atom. The fourth-order valence-corrected chi connectivity index (χ4v) is 2.42. The molecule has 1 aromatic carbocycles. The van der Waals surface area contributed by atoms with Gasteiger partial charge in [-0.1, -0.05) is 30.3 Å². The van der Waals surface area contributed by atoms with Gasteiger partial charge in [0.05, 0.1) is 0 Å². The third-order valence-corrected chi connectivity index (χ3v) is 4.09. The Bertz CT molecular complexity index is 514. The van der Waals surface area contributed by atoms with Crippen LogP contribution < -0.4 is 5.32 Å². The van der Waals surface area contributed by atoms with Crippen LogP contribution in [0.15, 0.2) is 30.3 Å². The number of benzene rings is 1. The number of rotatable bonds is 6. The molecule has 0 aromatic heterocycles. The Labute approximate surface area is 125 Å². The maximum absolute atomic E-state index is 12.4. The van der Waals surface area contributed by atoms with Crippen molar-refractivity contribution in [3.8, 4) is 0 Å². The highest BCUT2D eigenvalue weighted by molar-refractivity contribution is 5.86. The molecule has 1 aromatic rings. The second-order valence-electron chi connectivity index (χ2n) is 5.71. The number of hydrogen-bond donors (Lipinski definition) is 2. The van der Waals surface area contributed by atoms with Gasteiger partial charge in [0.25, 0.3) is 0 Å². The monoisotopic (exact) mass is 290 g/mol. The summed E-state index contributed by atoms with van der Waals surface area (Å²) in [7, 11) is 0. The van der Waals surface area contributed by atoms with Gasteiger partial charge in [0.15, 0.2) is 0 Å². The van der Waals surface area contributed by atoms with Crippen molar-refractivity contribution in [3.63, 3.8) is 0 Å². The fraction of sp³-hybridized carbons (Fsp3) is 0.500. The van der Waals surface area contributed by atoms with E-state index in [2.05, 4.69) is 5.32 Å². The van der Waals surface area contributed by atoms with Crippen LogP contribution in [0, 0.1) is 5.92 Å². The summed E-state index contributed by atoms with van der Waals surface area (Å²) in [5, 5.41) is 12.1. The van der Waals surface area contributed by atoms with Crippen molar-refractivity contribution in [2.45, 2.75) is 38.8 Å². The van der Waals surface area contributed by atoms with Crippen LogP contribution in [0.1, 0.15) is 32.3 Å². The first kappa shape index (κ1) is 15.4. The van der Waals surface area contributed by atoms with E-state index in [9.17, 15) is 14.7 Å². The zero-order valence-corrected chi connectivity index (χ0v) is 12.5. The van der Waals surface area contributed by atoms with Gasteiger partial charge in [0.2, 0.25) is 0 Å². The Balaban J connectivity index is 2.04. The van der Waals surface area contributed by atoms with Gasteiger partial charge in [-0.25, -0.2) is 9.59 Å². The van der Waals surface area contributed by atoms with Crippen LogP contribution in [0.5, 0.6) is 0 Å². The zero-order chi connectivity index (χ0) is 15.5. The number of aliphatic carboxylic acids is 1. The highest BCUT2D eigenvalue weighted by Gasteiger charge is 2.49. The number of hydrogen-bond acceptors (Lipinski definition) is 2. The molecule has 5 nitrogen and oxygen atoms in total. The maximum Gasteiger partial charge on any atom is 0.329 e. The van der Waals surface area contributed by atoms with E-state index in [-0.39, 0.29) is 11.9 Å². The molecule has 0 spiro atoms. The van der Waals surface area contributed by atoms with E-state index < -0.39 is 11.5 Å². The van der Waals surface area contributed by atoms with Crippen LogP contribution in [-0.2, 0) is 11.3 Å². The van der Waals surface area contributed by atoms with Crippen LogP contribution in [0.3, 0.4) is 0 Å². The first-order valence-corrected chi connectivity index (χ1v) is 7.31. The number of carbonyl (C=O) groups is 2. The number of amides is 2. The largest absolute Gasteiger partial charge is 0.480 e. The van der Waals surface area contributed by atoms with E-state index in [1.165, 1.54) is 0 Å². The van der Waals surface area contributed by atoms with E-state index in [4.69, 9.17) is 0 Å². The third kappa shape index (κ3) is 3.54. The SMILES string of the molecule is CCN(Cc1ccccc1)C(=O)NC(C)(C(=O)O)C1CC1. The lowest BCUT2D eigenvalue weighted by molar-refractivity contribution is -0.144. The van der Waals surface area contributed by atoms with Gasteiger partial charge >= 0.3 is 12.0 Å². The van der Waals surface area contributed by atoms with E-state index in [0.717, 1.165) is 18.4 Å². The van der Waals surface area contributed by atoms with Crippen molar-refractivity contribution >= 4 is 12.0 Å². The van der Waals surface area contributed by atoms with Gasteiger partial charge < -0.3 is 15.3 Å². The molecule has 5 heteroatoms. The molecule has 114 valence electrons. The van der Waals surface area contributed by atoms with Crippen molar-refractivity contribution in [3.05, 3.63) is 35.9 Å². The molecular weight excluding hydrogens is 268 g/mol. The topological polar surface area (TPSA) is 69.6 Å². The van der Waals surface area contributed by atoms with Crippen molar-refractivity contribution in [1.29, 1.82) is 0 Å². The second-order valence-corrected chi connectivity index (χ2v) is 5.71. The number of carboxylic acids is 1. The summed E-state index contributed by atoms with van der Waals surface area (Å²) in [6.45, 7) is 4.49. The highest BCUT2D eigenvalue weighted by Crippen LogP contribution is 2.39. The van der Waals surface area contributed by atoms with Crippen molar-refractivity contribution in [1.82, 2.24) is 10.2 Å². The van der Waals surface area contributed by atoms with Gasteiger partial charge in [0.1, 0.15) is 5.54 Å². The Hall–Kier alpha value is -2.04. The van der Waals surface area contributed by atoms with Crippen LogP contribution >= 0.6 is 0 Å². The molecule has 1 fully saturated rings. The predicted molar refractivity (Wildman–Crippen MR) is 79.8 cm³/mol. The number of carboxylic acid groups (broad SMARTS) is 1. The summed E-state index contributed by atoms with van der Waals surface area (Å²) in [6.07, 6.45) is 1.71. The predicted octanol–water partition coefficient (Wildman–Crippen LogP) is 2.47. The standard InChI is InChI=1S/C16H22N2O3/c1-3-18(11-12-7-5-4-6-8-12)15(21)17-16(2,14(19)20)13-9-10-13/h4-8,13H,3,9-11H2,1-2H3,(H,17,21)(H,19,20). The quantitative estimate of drug-likeness (QED) is 0.845. The van der Waals surface area contributed by atoms with Crippen LogP contribution in [0.25, 0.3) is 0 Å². The normalized spacial score (nSPS) is 16.9. The molecule has 21 heavy (non-hydrogen) atoms. The van der Waals surface area contributed by atoms with E-state index in [0.29, 0.717) is 13.1 Å². The van der Waals surface area contributed by atoms with Crippen molar-refractivity contribution in [2.24, 2.45) is 5.92 Å². The molecule has 1 aliphatic rings. The minimum atomic E-state index is -1.17. The summed E-state index contributed by atoms with van der Waals surface area (Å²) < 4.78 is 0. The molecule has 2 amide bonds. The lowest BCUT2D eigenvalue weighted by Crippen LogP contribution is -2.57. The number of nitrogens with one attached hydrogen (secondary N) is 1. The summed E-state index contributed by atoms with van der Waals surface area (Å²) in [6, 6.07) is 9.35. The molecule has 2 N–H and O–H groups in total. The average Bonchev–Trinajstić information content (AvgIpc) is 3.30. The van der Waals surface area contributed by atoms with Gasteiger partial charge in [-0.05, 0) is 38.2 Å². The highest BCUT2D eigenvalue weighted by atomic mass is 16.4. The Kier molecular flexibility index (Phi) is 4.50. The summed E-state index contributed by atoms with van der Waals surface area (Å²) in [5.41, 5.74) is -0.140. The molecule has 1 saturated carbocycles. The molecule has 1 unspecified atom stereocenters. The van der Waals surface area contributed by atoms with Crippen molar-refractivity contribution in [2.75, 3.05) is 6.54 Å². The lowest BCUT2D eigenvalue weighted by Gasteiger charge is -2.30. The molecule has 0 heterocycles. The van der Waals surface area contributed by atoms with E-state index >= 15 is 0 Å². The fourth-order valence-electron chi connectivity index (χ4n) is 2.42. The van der Waals surface area contributed by atoms with E-state index in [1.807, 2.05) is 37.3 Å². The summed E-state index contributed by atoms with van der Waals surface area (Å²) >= 11 is 0. The Morgan fingerprint density at radius 2 is 1.95 bits per heavy atom. The van der Waals surface area contributed by atoms with Gasteiger partial charge in [-0.15, -0.1) is 0 Å². The molecule has 0 bridgehead atoms. The lowest BCUT2D eigenvalue weighted by atomic mass is 9.96. The minimum Gasteiger partial charge on any atom is -0.480 e. The van der Waals surface area contributed by atoms with Gasteiger partial charge in [0, 0.05) is 13.1 Å². The number of urea groups is 1. The molecule has 2 rings (SSSR count). The maximum atomic E-state index is 12.4. The molecule has 1 atom stereocenters. The van der Waals surface area contributed by atoms with Crippen LogP contribution in [0.4, 0.5) is 4.79 Å². The molecule has 1 aliphatic carbocycles. The summed E-state index contributed by atoms with van der Waals surface area (Å²) in [4.78, 5) is 25.5. The Morgan fingerprint density at radius 3 is 2.43 bits per heavy atom. The number of nitrogens with zero attached hydrogens (tertiary/aromatic N) is 1. The molecule has 0 aliphatic heterocycles. The first-order valence-electron chi connectivity index (χ1n) is 7.31. The molecule has 0 radical (unpaired) electrons. The van der Waals surface area contributed by atoms with Crippen LogP contribution in [0.2, 0.25) is 0 Å². The minimum absolute atomic E-state index is 0.0365. The van der Waals surface area contributed by atoms with Crippen LogP contribution in [-0.4, -0.2) is 34.1 Å².